The number of piperazine rings is 1. The summed E-state index contributed by atoms with van der Waals surface area (Å²) in [6.07, 6.45) is -3.46. The first-order valence-corrected chi connectivity index (χ1v) is 13.0. The van der Waals surface area contributed by atoms with Crippen molar-refractivity contribution in [2.75, 3.05) is 57.3 Å². The van der Waals surface area contributed by atoms with Gasteiger partial charge in [-0.15, -0.1) is 15.3 Å². The minimum Gasteiger partial charge on any atom is -0.492 e. The van der Waals surface area contributed by atoms with Crippen molar-refractivity contribution in [3.63, 3.8) is 0 Å². The zero-order valence-electron chi connectivity index (χ0n) is 21.9. The zero-order chi connectivity index (χ0) is 27.8. The maximum Gasteiger partial charge on any atom is 0.453 e. The fourth-order valence-electron chi connectivity index (χ4n) is 5.28. The lowest BCUT2D eigenvalue weighted by atomic mass is 9.74. The van der Waals surface area contributed by atoms with Crippen LogP contribution in [0.1, 0.15) is 38.1 Å². The number of nitrogens with zero attached hydrogens (tertiary/aromatic N) is 7. The van der Waals surface area contributed by atoms with E-state index in [0.29, 0.717) is 73.8 Å². The number of aromatic nitrogens is 4. The summed E-state index contributed by atoms with van der Waals surface area (Å²) >= 11 is 0. The number of anilines is 1. The van der Waals surface area contributed by atoms with E-state index >= 15 is 4.39 Å². The molecule has 2 aliphatic heterocycles. The van der Waals surface area contributed by atoms with Crippen molar-refractivity contribution in [3.05, 3.63) is 47.5 Å². The Balaban J connectivity index is 1.17. The Bertz CT molecular complexity index is 1330. The smallest absolute Gasteiger partial charge is 0.453 e. The second-order valence-electron chi connectivity index (χ2n) is 10.4. The van der Waals surface area contributed by atoms with E-state index in [4.69, 9.17) is 4.74 Å². The van der Waals surface area contributed by atoms with Crippen LogP contribution >= 0.6 is 0 Å². The molecule has 39 heavy (non-hydrogen) atoms. The van der Waals surface area contributed by atoms with Crippen molar-refractivity contribution in [2.45, 2.75) is 38.3 Å². The zero-order valence-corrected chi connectivity index (χ0v) is 21.9. The number of amides is 1. The molecule has 0 saturated carbocycles. The van der Waals surface area contributed by atoms with E-state index in [0.717, 1.165) is 13.1 Å². The topological polar surface area (TPSA) is 79.1 Å². The van der Waals surface area contributed by atoms with Gasteiger partial charge in [0.25, 0.3) is 5.82 Å². The quantitative estimate of drug-likeness (QED) is 0.437. The fraction of sp³-hybridized carbons (Fsp3) is 0.538. The first-order chi connectivity index (χ1) is 18.5. The highest BCUT2D eigenvalue weighted by Crippen LogP contribution is 2.38. The second kappa shape index (κ2) is 10.6. The molecule has 2 fully saturated rings. The summed E-state index contributed by atoms with van der Waals surface area (Å²) in [4.78, 5) is 17.4. The molecule has 2 aliphatic rings. The van der Waals surface area contributed by atoms with Crippen LogP contribution in [0.25, 0.3) is 5.65 Å². The van der Waals surface area contributed by atoms with Crippen LogP contribution in [0.3, 0.4) is 0 Å². The van der Waals surface area contributed by atoms with E-state index in [1.165, 1.54) is 12.1 Å². The summed E-state index contributed by atoms with van der Waals surface area (Å²) < 4.78 is 61.4. The van der Waals surface area contributed by atoms with Crippen molar-refractivity contribution in [2.24, 2.45) is 0 Å². The van der Waals surface area contributed by atoms with Crippen LogP contribution in [0, 0.1) is 5.82 Å². The van der Waals surface area contributed by atoms with E-state index in [1.54, 1.807) is 25.1 Å². The van der Waals surface area contributed by atoms with Crippen LogP contribution < -0.4 is 9.64 Å². The molecule has 1 amide bonds. The van der Waals surface area contributed by atoms with E-state index in [2.05, 4.69) is 20.2 Å². The third kappa shape index (κ3) is 5.77. The van der Waals surface area contributed by atoms with Gasteiger partial charge in [0.05, 0.1) is 0 Å². The number of halogens is 4. The number of alkyl halides is 3. The van der Waals surface area contributed by atoms with E-state index in [1.807, 2.05) is 16.7 Å². The minimum absolute atomic E-state index is 0.0212. The molecule has 0 unspecified atom stereocenters. The molecule has 0 spiro atoms. The van der Waals surface area contributed by atoms with Gasteiger partial charge in [-0.05, 0) is 42.0 Å². The third-order valence-electron chi connectivity index (χ3n) is 7.78. The SMILES string of the molecule is CC(=O)N1CCN(CCOc2ccc(C3(C)CCN(c4ccc5nnc(C(F)(F)F)n5n4)CC3)c(F)c2)CC1. The maximum atomic E-state index is 15.2. The first kappa shape index (κ1) is 27.1. The van der Waals surface area contributed by atoms with Crippen LogP contribution in [-0.2, 0) is 16.4 Å². The Morgan fingerprint density at radius 1 is 1.03 bits per heavy atom. The molecule has 0 N–H and O–H groups in total. The van der Waals surface area contributed by atoms with Gasteiger partial charge < -0.3 is 14.5 Å². The lowest BCUT2D eigenvalue weighted by Gasteiger charge is -2.40. The van der Waals surface area contributed by atoms with E-state index in [9.17, 15) is 18.0 Å². The highest BCUT2D eigenvalue weighted by molar-refractivity contribution is 5.73. The molecule has 2 aromatic heterocycles. The van der Waals surface area contributed by atoms with Crippen molar-refractivity contribution in [1.29, 1.82) is 0 Å². The largest absolute Gasteiger partial charge is 0.492 e. The molecule has 210 valence electrons. The highest BCUT2D eigenvalue weighted by Gasteiger charge is 2.38. The Kier molecular flexibility index (Phi) is 7.36. The first-order valence-electron chi connectivity index (χ1n) is 13.0. The number of ether oxygens (including phenoxy) is 1. The molecular weight excluding hydrogens is 518 g/mol. The average Bonchev–Trinajstić information content (AvgIpc) is 3.33. The predicted molar refractivity (Wildman–Crippen MR) is 135 cm³/mol. The van der Waals surface area contributed by atoms with Gasteiger partial charge in [-0.25, -0.2) is 4.39 Å². The van der Waals surface area contributed by atoms with Crippen molar-refractivity contribution in [3.8, 4) is 5.75 Å². The molecule has 13 heteroatoms. The molecular formula is C26H31F4N7O2. The Morgan fingerprint density at radius 3 is 2.38 bits per heavy atom. The maximum absolute atomic E-state index is 15.2. The van der Waals surface area contributed by atoms with Gasteiger partial charge in [0.1, 0.15) is 24.0 Å². The summed E-state index contributed by atoms with van der Waals surface area (Å²) in [7, 11) is 0. The monoisotopic (exact) mass is 549 g/mol. The number of piperidine rings is 1. The standard InChI is InChI=1S/C26H31F4N7O2/c1-18(38)35-13-11-34(12-14-35)15-16-39-19-3-4-20(21(27)17-19)25(2)7-9-36(10-8-25)23-6-5-22-31-32-24(26(28,29)30)37(22)33-23/h3-6,17H,7-16H2,1-2H3. The van der Waals surface area contributed by atoms with Crippen LogP contribution in [-0.4, -0.2) is 87.9 Å². The normalized spacial score (nSPS) is 18.5. The molecule has 1 aromatic carbocycles. The Hall–Kier alpha value is -3.48. The predicted octanol–water partition coefficient (Wildman–Crippen LogP) is 3.38. The Morgan fingerprint density at radius 2 is 1.74 bits per heavy atom. The number of fused-ring (bicyclic) bond motifs is 1. The minimum atomic E-state index is -4.66. The summed E-state index contributed by atoms with van der Waals surface area (Å²) in [5.74, 6) is -0.558. The number of rotatable bonds is 6. The molecule has 9 nitrogen and oxygen atoms in total. The number of hydrogen-bond acceptors (Lipinski definition) is 7. The van der Waals surface area contributed by atoms with Gasteiger partial charge in [-0.3, -0.25) is 9.69 Å². The Labute approximate surface area is 223 Å². The van der Waals surface area contributed by atoms with Gasteiger partial charge in [0.15, 0.2) is 5.65 Å². The third-order valence-corrected chi connectivity index (χ3v) is 7.78. The molecule has 3 aromatic rings. The molecule has 2 saturated heterocycles. The molecule has 4 heterocycles. The van der Waals surface area contributed by atoms with Crippen LogP contribution in [0.15, 0.2) is 30.3 Å². The molecule has 0 radical (unpaired) electrons. The molecule has 0 bridgehead atoms. The van der Waals surface area contributed by atoms with Crippen LogP contribution in [0.2, 0.25) is 0 Å². The molecule has 5 rings (SSSR count). The van der Waals surface area contributed by atoms with E-state index in [-0.39, 0.29) is 17.4 Å². The number of carbonyl (C=O) groups is 1. The average molecular weight is 550 g/mol. The number of carbonyl (C=O) groups excluding carboxylic acids is 1. The van der Waals surface area contributed by atoms with Crippen molar-refractivity contribution in [1.82, 2.24) is 29.6 Å². The summed E-state index contributed by atoms with van der Waals surface area (Å²) in [5, 5.41) is 10.9. The van der Waals surface area contributed by atoms with Gasteiger partial charge in [0, 0.05) is 58.8 Å². The summed E-state index contributed by atoms with van der Waals surface area (Å²) in [6, 6.07) is 8.05. The molecule has 0 atom stereocenters. The number of benzene rings is 1. The van der Waals surface area contributed by atoms with Gasteiger partial charge in [-0.2, -0.15) is 17.7 Å². The number of hydrogen-bond donors (Lipinski definition) is 0. The van der Waals surface area contributed by atoms with Gasteiger partial charge >= 0.3 is 6.18 Å². The summed E-state index contributed by atoms with van der Waals surface area (Å²) in [5.41, 5.74) is 0.178. The van der Waals surface area contributed by atoms with Crippen molar-refractivity contribution < 1.29 is 27.1 Å². The van der Waals surface area contributed by atoms with Crippen molar-refractivity contribution >= 4 is 17.4 Å². The molecule has 0 aliphatic carbocycles. The van der Waals surface area contributed by atoms with Crippen LogP contribution in [0.4, 0.5) is 23.4 Å². The second-order valence-corrected chi connectivity index (χ2v) is 10.4. The highest BCUT2D eigenvalue weighted by atomic mass is 19.4. The lowest BCUT2D eigenvalue weighted by molar-refractivity contribution is -0.146. The van der Waals surface area contributed by atoms with E-state index < -0.39 is 17.4 Å². The van der Waals surface area contributed by atoms with Gasteiger partial charge in [-0.1, -0.05) is 13.0 Å². The lowest BCUT2D eigenvalue weighted by Crippen LogP contribution is -2.48. The summed E-state index contributed by atoms with van der Waals surface area (Å²) in [6.45, 7) is 8.70. The van der Waals surface area contributed by atoms with Gasteiger partial charge in [0.2, 0.25) is 5.91 Å². The van der Waals surface area contributed by atoms with Crippen LogP contribution in [0.5, 0.6) is 5.75 Å². The fourth-order valence-corrected chi connectivity index (χ4v) is 5.28.